The molecule has 1 atom stereocenters. The molecular formula is C39H50N6O4S. The number of nitrogens with one attached hydrogen (secondary N) is 2. The Labute approximate surface area is 300 Å². The molecule has 0 radical (unpaired) electrons. The average Bonchev–Trinajstić information content (AvgIpc) is 3.54. The van der Waals surface area contributed by atoms with Crippen LogP contribution in [0.15, 0.2) is 77.7 Å². The lowest BCUT2D eigenvalue weighted by atomic mass is 9.93. The van der Waals surface area contributed by atoms with Gasteiger partial charge in [0.15, 0.2) is 5.69 Å². The Kier molecular flexibility index (Phi) is 13.4. The molecule has 0 unspecified atom stereocenters. The van der Waals surface area contributed by atoms with Gasteiger partial charge in [-0.2, -0.15) is 5.10 Å². The number of carbonyl (C=O) groups excluding carboxylic acids is 2. The lowest BCUT2D eigenvalue weighted by Crippen LogP contribution is -2.46. The molecule has 11 heteroatoms. The molecule has 0 spiro atoms. The van der Waals surface area contributed by atoms with E-state index in [-0.39, 0.29) is 31.2 Å². The molecule has 3 aromatic carbocycles. The summed E-state index contributed by atoms with van der Waals surface area (Å²) in [5.74, 6) is -0.317. The largest absolute Gasteiger partial charge is 0.394 e. The van der Waals surface area contributed by atoms with Gasteiger partial charge in [0.2, 0.25) is 0 Å². The Hall–Kier alpha value is -4.32. The zero-order valence-electron chi connectivity index (χ0n) is 29.7. The number of fused-ring (bicyclic) bond motifs is 1. The smallest absolute Gasteiger partial charge is 0.274 e. The molecule has 2 heterocycles. The number of rotatable bonds is 17. The monoisotopic (exact) mass is 698 g/mol. The summed E-state index contributed by atoms with van der Waals surface area (Å²) in [6.45, 7) is 8.26. The summed E-state index contributed by atoms with van der Waals surface area (Å²) < 4.78 is 7.51. The van der Waals surface area contributed by atoms with Crippen molar-refractivity contribution in [3.8, 4) is 5.69 Å². The van der Waals surface area contributed by atoms with Gasteiger partial charge in [-0.3, -0.25) is 9.59 Å². The van der Waals surface area contributed by atoms with Crippen molar-refractivity contribution in [3.63, 3.8) is 0 Å². The van der Waals surface area contributed by atoms with E-state index >= 15 is 0 Å². The first-order chi connectivity index (χ1) is 24.4. The van der Waals surface area contributed by atoms with Crippen LogP contribution in [0.25, 0.3) is 5.69 Å². The molecule has 4 aromatic rings. The van der Waals surface area contributed by atoms with Crippen LogP contribution in [0.4, 0.5) is 11.4 Å². The third-order valence-electron chi connectivity index (χ3n) is 9.09. The molecule has 0 saturated carbocycles. The minimum Gasteiger partial charge on any atom is -0.394 e. The van der Waals surface area contributed by atoms with Crippen LogP contribution in [0, 0.1) is 6.92 Å². The summed E-state index contributed by atoms with van der Waals surface area (Å²) >= 11 is 1.70. The van der Waals surface area contributed by atoms with Crippen LogP contribution >= 0.6 is 11.8 Å². The molecule has 5 rings (SSSR count). The summed E-state index contributed by atoms with van der Waals surface area (Å²) in [4.78, 5) is 33.0. The van der Waals surface area contributed by atoms with Crippen LogP contribution in [0.3, 0.4) is 0 Å². The molecule has 2 amide bonds. The van der Waals surface area contributed by atoms with Gasteiger partial charge in [-0.25, -0.2) is 4.68 Å². The highest BCUT2D eigenvalue weighted by Gasteiger charge is 2.32. The molecule has 50 heavy (non-hydrogen) atoms. The molecule has 1 aromatic heterocycles. The Morgan fingerprint density at radius 3 is 2.26 bits per heavy atom. The van der Waals surface area contributed by atoms with Gasteiger partial charge in [0, 0.05) is 41.6 Å². The molecule has 266 valence electrons. The topological polar surface area (TPSA) is 112 Å². The van der Waals surface area contributed by atoms with Gasteiger partial charge in [0.05, 0.1) is 23.9 Å². The molecule has 3 N–H and O–H groups in total. The third kappa shape index (κ3) is 9.07. The Bertz CT molecular complexity index is 1720. The van der Waals surface area contributed by atoms with E-state index in [1.54, 1.807) is 27.4 Å². The number of hydrogen-bond acceptors (Lipinski definition) is 8. The molecule has 1 aliphatic heterocycles. The van der Waals surface area contributed by atoms with Crippen molar-refractivity contribution in [1.29, 1.82) is 0 Å². The normalized spacial score (nSPS) is 13.9. The maximum absolute atomic E-state index is 14.5. The minimum absolute atomic E-state index is 0.0983. The molecule has 1 aliphatic rings. The quantitative estimate of drug-likeness (QED) is 0.0617. The number of aryl methyl sites for hydroxylation is 1. The third-order valence-corrected chi connectivity index (χ3v) is 9.83. The molecule has 0 saturated heterocycles. The fraction of sp³-hybridized carbons (Fsp3) is 0.410. The summed E-state index contributed by atoms with van der Waals surface area (Å²) in [6, 6.07) is 23.2. The van der Waals surface area contributed by atoms with Crippen molar-refractivity contribution in [1.82, 2.24) is 19.6 Å². The maximum atomic E-state index is 14.5. The second-order valence-corrected chi connectivity index (χ2v) is 13.5. The number of aliphatic hydroxyl groups excluding tert-OH is 1. The fourth-order valence-corrected chi connectivity index (χ4v) is 6.58. The number of unbranched alkanes of at least 4 members (excludes halogenated alkanes) is 2. The maximum Gasteiger partial charge on any atom is 0.274 e. The van der Waals surface area contributed by atoms with Gasteiger partial charge < -0.3 is 30.3 Å². The van der Waals surface area contributed by atoms with E-state index in [0.29, 0.717) is 55.4 Å². The van der Waals surface area contributed by atoms with Crippen molar-refractivity contribution < 1.29 is 19.4 Å². The number of nitrogens with zero attached hydrogens (tertiary/aromatic N) is 4. The van der Waals surface area contributed by atoms with E-state index in [0.717, 1.165) is 48.2 Å². The summed E-state index contributed by atoms with van der Waals surface area (Å²) in [5, 5.41) is 21.7. The highest BCUT2D eigenvalue weighted by molar-refractivity contribution is 7.98. The lowest BCUT2D eigenvalue weighted by Gasteiger charge is -2.36. The predicted octanol–water partition coefficient (Wildman–Crippen LogP) is 6.96. The second-order valence-electron chi connectivity index (χ2n) is 12.6. The fourth-order valence-electron chi connectivity index (χ4n) is 6.17. The van der Waals surface area contributed by atoms with Gasteiger partial charge in [-0.05, 0) is 92.1 Å². The van der Waals surface area contributed by atoms with Crippen LogP contribution in [-0.4, -0.2) is 82.0 Å². The number of amides is 2. The van der Waals surface area contributed by atoms with Gasteiger partial charge in [-0.15, -0.1) is 11.8 Å². The zero-order valence-corrected chi connectivity index (χ0v) is 30.5. The molecule has 0 aliphatic carbocycles. The van der Waals surface area contributed by atoms with Crippen molar-refractivity contribution >= 4 is 35.0 Å². The minimum atomic E-state index is -0.372. The van der Waals surface area contributed by atoms with E-state index in [1.807, 2.05) is 66.6 Å². The van der Waals surface area contributed by atoms with E-state index in [1.165, 1.54) is 4.90 Å². The lowest BCUT2D eigenvalue weighted by molar-refractivity contribution is 0.0544. The van der Waals surface area contributed by atoms with E-state index in [9.17, 15) is 14.7 Å². The number of carbonyl (C=O) groups is 2. The standard InChI is InChI=1S/C39H50N6O4S/c1-5-7-19-43(20-8-6-2)39(48)36-21-28(3)45(42-36)37-18-15-32(41-27-49-26-40-31-13-16-34(50-4)17-14-31)23-35(37)38(47)44-24-30-12-10-9-11-29(30)22-33(44)25-46/h9-18,21,23,33,40-41,46H,5-8,19-20,22,24-27H2,1-4H3/t33-/m0/s1. The van der Waals surface area contributed by atoms with Gasteiger partial charge >= 0.3 is 0 Å². The van der Waals surface area contributed by atoms with E-state index in [2.05, 4.69) is 42.7 Å². The molecule has 0 fully saturated rings. The van der Waals surface area contributed by atoms with Crippen molar-refractivity contribution in [3.05, 3.63) is 101 Å². The van der Waals surface area contributed by atoms with Crippen molar-refractivity contribution in [2.75, 3.05) is 50.0 Å². The summed E-state index contributed by atoms with van der Waals surface area (Å²) in [7, 11) is 0. The average molecular weight is 699 g/mol. The van der Waals surface area contributed by atoms with Crippen LogP contribution in [-0.2, 0) is 17.7 Å². The van der Waals surface area contributed by atoms with Crippen LogP contribution in [0.5, 0.6) is 0 Å². The molecule has 0 bridgehead atoms. The van der Waals surface area contributed by atoms with Crippen molar-refractivity contribution in [2.45, 2.75) is 70.4 Å². The van der Waals surface area contributed by atoms with Crippen LogP contribution < -0.4 is 10.6 Å². The highest BCUT2D eigenvalue weighted by Crippen LogP contribution is 2.29. The summed E-state index contributed by atoms with van der Waals surface area (Å²) in [5.41, 5.74) is 5.96. The van der Waals surface area contributed by atoms with Gasteiger partial charge in [0.25, 0.3) is 11.8 Å². The number of ether oxygens (including phenoxy) is 1. The highest BCUT2D eigenvalue weighted by atomic mass is 32.2. The SMILES string of the molecule is CCCCN(CCCC)C(=O)c1cc(C)n(-c2ccc(NCOCNc3ccc(SC)cc3)cc2C(=O)N2Cc3ccccc3C[C@H]2CO)n1. The summed E-state index contributed by atoms with van der Waals surface area (Å²) in [6.07, 6.45) is 6.47. The predicted molar refractivity (Wildman–Crippen MR) is 201 cm³/mol. The van der Waals surface area contributed by atoms with E-state index < -0.39 is 0 Å². The van der Waals surface area contributed by atoms with Gasteiger partial charge in [-0.1, -0.05) is 51.0 Å². The first kappa shape index (κ1) is 36.9. The number of aliphatic hydroxyl groups is 1. The van der Waals surface area contributed by atoms with Gasteiger partial charge in [0.1, 0.15) is 13.5 Å². The number of benzene rings is 3. The zero-order chi connectivity index (χ0) is 35.5. The first-order valence-electron chi connectivity index (χ1n) is 17.5. The van der Waals surface area contributed by atoms with E-state index in [4.69, 9.17) is 9.84 Å². The Balaban J connectivity index is 1.40. The van der Waals surface area contributed by atoms with Crippen LogP contribution in [0.2, 0.25) is 0 Å². The van der Waals surface area contributed by atoms with Crippen molar-refractivity contribution in [2.24, 2.45) is 0 Å². The molecular weight excluding hydrogens is 649 g/mol. The Morgan fingerprint density at radius 2 is 1.60 bits per heavy atom. The number of aromatic nitrogens is 2. The van der Waals surface area contributed by atoms with Crippen LogP contribution in [0.1, 0.15) is 77.2 Å². The Morgan fingerprint density at radius 1 is 0.940 bits per heavy atom. The first-order valence-corrected chi connectivity index (χ1v) is 18.8. The number of anilines is 2. The second kappa shape index (κ2) is 18.1. The molecule has 10 nitrogen and oxygen atoms in total. The number of thioether (sulfide) groups is 1. The number of hydrogen-bond donors (Lipinski definition) is 3.